The highest BCUT2D eigenvalue weighted by molar-refractivity contribution is 5.91. The van der Waals surface area contributed by atoms with E-state index in [9.17, 15) is 4.79 Å². The highest BCUT2D eigenvalue weighted by Crippen LogP contribution is 2.28. The summed E-state index contributed by atoms with van der Waals surface area (Å²) in [5, 5.41) is 8.96. The molecular formula is C15H20O3. The third-order valence-electron chi connectivity index (χ3n) is 3.28. The average Bonchev–Trinajstić information content (AvgIpc) is 2.26. The maximum atomic E-state index is 10.9. The lowest BCUT2D eigenvalue weighted by molar-refractivity contribution is -0.131. The van der Waals surface area contributed by atoms with Crippen LogP contribution in [0.4, 0.5) is 0 Å². The number of carbonyl (C=O) groups is 1. The molecule has 0 fully saturated rings. The van der Waals surface area contributed by atoms with Crippen molar-refractivity contribution in [1.82, 2.24) is 0 Å². The fraction of sp³-hybridized carbons (Fsp3) is 0.400. The Morgan fingerprint density at radius 1 is 1.22 bits per heavy atom. The zero-order valence-corrected chi connectivity index (χ0v) is 11.6. The van der Waals surface area contributed by atoms with Gasteiger partial charge >= 0.3 is 5.97 Å². The summed E-state index contributed by atoms with van der Waals surface area (Å²) in [6.45, 7) is 8.41. The van der Waals surface area contributed by atoms with Crippen molar-refractivity contribution in [3.05, 3.63) is 40.0 Å². The molecule has 0 aromatic heterocycles. The first-order chi connectivity index (χ1) is 8.38. The van der Waals surface area contributed by atoms with Crippen molar-refractivity contribution in [3.8, 4) is 0 Å². The van der Waals surface area contributed by atoms with E-state index in [4.69, 9.17) is 9.84 Å². The Labute approximate surface area is 108 Å². The van der Waals surface area contributed by atoms with Gasteiger partial charge in [-0.15, -0.1) is 0 Å². The molecule has 0 bridgehead atoms. The van der Waals surface area contributed by atoms with Gasteiger partial charge in [-0.2, -0.15) is 0 Å². The second-order valence-electron chi connectivity index (χ2n) is 4.58. The van der Waals surface area contributed by atoms with Crippen LogP contribution in [-0.2, 0) is 9.53 Å². The molecule has 3 heteroatoms. The van der Waals surface area contributed by atoms with E-state index in [1.54, 1.807) is 7.11 Å². The summed E-state index contributed by atoms with van der Waals surface area (Å²) in [7, 11) is 1.57. The van der Waals surface area contributed by atoms with Crippen molar-refractivity contribution < 1.29 is 14.6 Å². The Morgan fingerprint density at radius 3 is 2.11 bits per heavy atom. The van der Waals surface area contributed by atoms with Gasteiger partial charge < -0.3 is 9.84 Å². The minimum atomic E-state index is -0.944. The molecule has 1 aromatic carbocycles. The van der Waals surface area contributed by atoms with Gasteiger partial charge in [-0.3, -0.25) is 0 Å². The highest BCUT2D eigenvalue weighted by atomic mass is 16.5. The van der Waals surface area contributed by atoms with Crippen molar-refractivity contribution in [2.24, 2.45) is 0 Å². The number of ether oxygens (including phenoxy) is 1. The van der Waals surface area contributed by atoms with Gasteiger partial charge in [0.15, 0.2) is 0 Å². The Balaban J connectivity index is 3.50. The van der Waals surface area contributed by atoms with Crippen LogP contribution < -0.4 is 0 Å². The zero-order valence-electron chi connectivity index (χ0n) is 11.6. The Morgan fingerprint density at radius 2 is 1.72 bits per heavy atom. The summed E-state index contributed by atoms with van der Waals surface area (Å²) in [4.78, 5) is 10.9. The first-order valence-corrected chi connectivity index (χ1v) is 5.88. The molecule has 18 heavy (non-hydrogen) atoms. The van der Waals surface area contributed by atoms with E-state index >= 15 is 0 Å². The van der Waals surface area contributed by atoms with E-state index in [0.29, 0.717) is 12.2 Å². The molecule has 0 aliphatic rings. The zero-order chi connectivity index (χ0) is 13.9. The highest BCUT2D eigenvalue weighted by Gasteiger charge is 2.13. The molecule has 1 rings (SSSR count). The van der Waals surface area contributed by atoms with E-state index in [1.807, 2.05) is 27.7 Å². The number of carboxylic acid groups (broad SMARTS) is 1. The molecule has 0 saturated heterocycles. The lowest BCUT2D eigenvalue weighted by Crippen LogP contribution is -2.05. The number of methoxy groups -OCH3 is 1. The molecule has 98 valence electrons. The summed E-state index contributed by atoms with van der Waals surface area (Å²) >= 11 is 0. The van der Waals surface area contributed by atoms with Crippen molar-refractivity contribution in [3.63, 3.8) is 0 Å². The summed E-state index contributed by atoms with van der Waals surface area (Å²) in [5.74, 6) is -0.944. The van der Waals surface area contributed by atoms with Gasteiger partial charge in [-0.25, -0.2) is 4.79 Å². The molecule has 0 amide bonds. The van der Waals surface area contributed by atoms with Crippen LogP contribution in [0.5, 0.6) is 0 Å². The van der Waals surface area contributed by atoms with E-state index < -0.39 is 5.97 Å². The Kier molecular flexibility index (Phi) is 4.68. The van der Waals surface area contributed by atoms with Crippen LogP contribution in [-0.4, -0.2) is 24.8 Å². The normalized spacial score (nSPS) is 11.7. The first kappa shape index (κ1) is 14.5. The quantitative estimate of drug-likeness (QED) is 0.833. The van der Waals surface area contributed by atoms with E-state index in [1.165, 1.54) is 17.2 Å². The molecule has 1 N–H and O–H groups in total. The number of rotatable bonds is 4. The van der Waals surface area contributed by atoms with Crippen LogP contribution >= 0.6 is 0 Å². The second-order valence-corrected chi connectivity index (χ2v) is 4.58. The molecule has 0 saturated carbocycles. The van der Waals surface area contributed by atoms with Crippen molar-refractivity contribution >= 4 is 11.5 Å². The van der Waals surface area contributed by atoms with Crippen molar-refractivity contribution in [2.45, 2.75) is 27.7 Å². The van der Waals surface area contributed by atoms with Gasteiger partial charge in [0.05, 0.1) is 6.61 Å². The molecule has 0 aliphatic carbocycles. The molecule has 0 spiro atoms. The Hall–Kier alpha value is -1.61. The molecule has 1 aromatic rings. The lowest BCUT2D eigenvalue weighted by Gasteiger charge is -2.17. The number of benzene rings is 1. The SMILES string of the molecule is COC/C(=C\C(=O)O)c1c(C)c(C)cc(C)c1C. The minimum Gasteiger partial charge on any atom is -0.478 e. The Bertz CT molecular complexity index is 473. The maximum absolute atomic E-state index is 10.9. The number of hydrogen-bond donors (Lipinski definition) is 1. The smallest absolute Gasteiger partial charge is 0.328 e. The van der Waals surface area contributed by atoms with Gasteiger partial charge in [-0.05, 0) is 61.1 Å². The first-order valence-electron chi connectivity index (χ1n) is 5.88. The van der Waals surface area contributed by atoms with Gasteiger partial charge in [0.2, 0.25) is 0 Å². The molecule has 0 radical (unpaired) electrons. The van der Waals surface area contributed by atoms with Gasteiger partial charge in [0.1, 0.15) is 0 Å². The predicted molar refractivity (Wildman–Crippen MR) is 72.9 cm³/mol. The number of aryl methyl sites for hydroxylation is 2. The van der Waals surface area contributed by atoms with E-state index in [2.05, 4.69) is 6.07 Å². The number of carboxylic acids is 1. The maximum Gasteiger partial charge on any atom is 0.328 e. The topological polar surface area (TPSA) is 46.5 Å². The summed E-state index contributed by atoms with van der Waals surface area (Å²) in [5.41, 5.74) is 6.27. The van der Waals surface area contributed by atoms with Gasteiger partial charge in [-0.1, -0.05) is 6.07 Å². The molecule has 0 heterocycles. The number of hydrogen-bond acceptors (Lipinski definition) is 2. The summed E-state index contributed by atoms with van der Waals surface area (Å²) < 4.78 is 5.12. The lowest BCUT2D eigenvalue weighted by atomic mass is 9.89. The van der Waals surface area contributed by atoms with Crippen LogP contribution in [0, 0.1) is 27.7 Å². The van der Waals surface area contributed by atoms with Gasteiger partial charge in [0, 0.05) is 13.2 Å². The van der Waals surface area contributed by atoms with Crippen LogP contribution in [0.2, 0.25) is 0 Å². The largest absolute Gasteiger partial charge is 0.478 e. The minimum absolute atomic E-state index is 0.302. The van der Waals surface area contributed by atoms with Crippen molar-refractivity contribution in [2.75, 3.05) is 13.7 Å². The van der Waals surface area contributed by atoms with Crippen LogP contribution in [0.3, 0.4) is 0 Å². The fourth-order valence-electron chi connectivity index (χ4n) is 2.19. The molecule has 0 atom stereocenters. The number of aliphatic carboxylic acids is 1. The average molecular weight is 248 g/mol. The monoisotopic (exact) mass is 248 g/mol. The van der Waals surface area contributed by atoms with Crippen molar-refractivity contribution in [1.29, 1.82) is 0 Å². The van der Waals surface area contributed by atoms with Crippen LogP contribution in [0.15, 0.2) is 12.1 Å². The van der Waals surface area contributed by atoms with Crippen LogP contribution in [0.1, 0.15) is 27.8 Å². The predicted octanol–water partition coefficient (Wildman–Crippen LogP) is 3.03. The fourth-order valence-corrected chi connectivity index (χ4v) is 2.19. The molecule has 0 aliphatic heterocycles. The van der Waals surface area contributed by atoms with E-state index in [0.717, 1.165) is 16.7 Å². The third kappa shape index (κ3) is 2.99. The third-order valence-corrected chi connectivity index (χ3v) is 3.28. The molecule has 3 nitrogen and oxygen atoms in total. The van der Waals surface area contributed by atoms with Gasteiger partial charge in [0.25, 0.3) is 0 Å². The summed E-state index contributed by atoms with van der Waals surface area (Å²) in [6, 6.07) is 2.12. The standard InChI is InChI=1S/C15H20O3/c1-9-6-10(2)12(4)15(11(9)3)13(8-18-5)7-14(16)17/h6-7H,8H2,1-5H3,(H,16,17)/b13-7+. The van der Waals surface area contributed by atoms with E-state index in [-0.39, 0.29) is 0 Å². The second kappa shape index (κ2) is 5.83. The summed E-state index contributed by atoms with van der Waals surface area (Å²) in [6.07, 6.45) is 1.23. The molecule has 0 unspecified atom stereocenters. The molecular weight excluding hydrogens is 228 g/mol. The van der Waals surface area contributed by atoms with Crippen LogP contribution in [0.25, 0.3) is 5.57 Å².